The van der Waals surface area contributed by atoms with Crippen molar-refractivity contribution in [1.29, 1.82) is 0 Å². The van der Waals surface area contributed by atoms with Crippen LogP contribution in [0.1, 0.15) is 12.0 Å². The van der Waals surface area contributed by atoms with Crippen LogP contribution >= 0.6 is 0 Å². The number of methoxy groups -OCH3 is 1. The fourth-order valence-corrected chi connectivity index (χ4v) is 2.09. The lowest BCUT2D eigenvalue weighted by molar-refractivity contribution is -0.153. The third-order valence-electron chi connectivity index (χ3n) is 3.23. The highest BCUT2D eigenvalue weighted by Crippen LogP contribution is 2.27. The molecule has 6 heteroatoms. The number of ether oxygens (including phenoxy) is 2. The van der Waals surface area contributed by atoms with Gasteiger partial charge in [0.1, 0.15) is 6.61 Å². The minimum absolute atomic E-state index is 0.0693. The highest BCUT2D eigenvalue weighted by molar-refractivity contribution is 5.81. The van der Waals surface area contributed by atoms with Crippen molar-refractivity contribution < 1.29 is 23.5 Å². The summed E-state index contributed by atoms with van der Waals surface area (Å²) in [5.41, 5.74) is -1.28. The summed E-state index contributed by atoms with van der Waals surface area (Å²) >= 11 is 0. The normalized spacial score (nSPS) is 21.6. The Morgan fingerprint density at radius 1 is 1.35 bits per heavy atom. The molecule has 0 bridgehead atoms. The summed E-state index contributed by atoms with van der Waals surface area (Å²) in [6.45, 7) is -0.0692. The highest BCUT2D eigenvalue weighted by Gasteiger charge is 2.48. The number of benzene rings is 1. The van der Waals surface area contributed by atoms with E-state index in [0.29, 0.717) is 0 Å². The van der Waals surface area contributed by atoms with Gasteiger partial charge in [-0.05, 0) is 5.56 Å². The number of hydrogen-bond donors (Lipinski definition) is 0. The first-order chi connectivity index (χ1) is 9.55. The first-order valence-electron chi connectivity index (χ1n) is 6.28. The van der Waals surface area contributed by atoms with Crippen LogP contribution in [0.4, 0.5) is 9.18 Å². The van der Waals surface area contributed by atoms with Gasteiger partial charge >= 0.3 is 12.1 Å². The number of carbonyl (C=O) groups is 2. The van der Waals surface area contributed by atoms with Crippen molar-refractivity contribution in [3.63, 3.8) is 0 Å². The van der Waals surface area contributed by atoms with Gasteiger partial charge in [-0.25, -0.2) is 14.0 Å². The van der Waals surface area contributed by atoms with Crippen LogP contribution in [0, 0.1) is 0 Å². The van der Waals surface area contributed by atoms with E-state index in [4.69, 9.17) is 4.74 Å². The zero-order valence-electron chi connectivity index (χ0n) is 11.2. The average molecular weight is 281 g/mol. The number of halogens is 1. The van der Waals surface area contributed by atoms with Gasteiger partial charge in [0.05, 0.1) is 13.7 Å². The smallest absolute Gasteiger partial charge is 0.410 e. The van der Waals surface area contributed by atoms with Gasteiger partial charge in [0.15, 0.2) is 0 Å². The molecule has 1 saturated heterocycles. The second-order valence-corrected chi connectivity index (χ2v) is 4.67. The molecule has 108 valence electrons. The van der Waals surface area contributed by atoms with Gasteiger partial charge in [0, 0.05) is 13.0 Å². The second-order valence-electron chi connectivity index (χ2n) is 4.67. The Bertz CT molecular complexity index is 493. The molecular formula is C14H16FNO4. The van der Waals surface area contributed by atoms with Gasteiger partial charge in [0.2, 0.25) is 5.67 Å². The molecule has 0 unspecified atom stereocenters. The van der Waals surface area contributed by atoms with Crippen LogP contribution in [-0.4, -0.2) is 42.8 Å². The molecule has 5 nitrogen and oxygen atoms in total. The van der Waals surface area contributed by atoms with E-state index in [9.17, 15) is 14.0 Å². The largest absolute Gasteiger partial charge is 0.467 e. The van der Waals surface area contributed by atoms with Gasteiger partial charge in [-0.2, -0.15) is 0 Å². The van der Waals surface area contributed by atoms with E-state index in [2.05, 4.69) is 4.74 Å². The van der Waals surface area contributed by atoms with Crippen LogP contribution in [-0.2, 0) is 20.9 Å². The number of esters is 1. The molecule has 20 heavy (non-hydrogen) atoms. The standard InChI is InChI=1S/C14H16FNO4/c1-19-12(17)14(15)7-8-16(10-14)13(18)20-9-11-5-3-2-4-6-11/h2-6H,7-10H2,1H3/t14-/m0/s1. The number of nitrogens with zero attached hydrogens (tertiary/aromatic N) is 1. The van der Waals surface area contributed by atoms with Crippen molar-refractivity contribution >= 4 is 12.1 Å². The highest BCUT2D eigenvalue weighted by atomic mass is 19.1. The van der Waals surface area contributed by atoms with Gasteiger partial charge in [0.25, 0.3) is 0 Å². The summed E-state index contributed by atoms with van der Waals surface area (Å²) in [5, 5.41) is 0. The molecule has 1 aromatic carbocycles. The van der Waals surface area contributed by atoms with Crippen molar-refractivity contribution in [2.24, 2.45) is 0 Å². The molecule has 1 heterocycles. The van der Waals surface area contributed by atoms with E-state index in [1.807, 2.05) is 30.3 Å². The number of likely N-dealkylation sites (tertiary alicyclic amines) is 1. The minimum atomic E-state index is -2.12. The third-order valence-corrected chi connectivity index (χ3v) is 3.23. The maximum absolute atomic E-state index is 14.2. The molecule has 1 aliphatic heterocycles. The molecule has 0 N–H and O–H groups in total. The van der Waals surface area contributed by atoms with E-state index >= 15 is 0 Å². The number of alkyl halides is 1. The van der Waals surface area contributed by atoms with Crippen molar-refractivity contribution in [3.05, 3.63) is 35.9 Å². The SMILES string of the molecule is COC(=O)[C@]1(F)CCN(C(=O)OCc2ccccc2)C1. The second kappa shape index (κ2) is 5.90. The van der Waals surface area contributed by atoms with E-state index in [-0.39, 0.29) is 26.1 Å². The van der Waals surface area contributed by atoms with Crippen LogP contribution in [0.2, 0.25) is 0 Å². The van der Waals surface area contributed by atoms with Crippen LogP contribution in [0.5, 0.6) is 0 Å². The molecule has 0 aromatic heterocycles. The summed E-state index contributed by atoms with van der Waals surface area (Å²) in [7, 11) is 1.13. The Balaban J connectivity index is 1.87. The zero-order valence-corrected chi connectivity index (χ0v) is 11.2. The van der Waals surface area contributed by atoms with Gasteiger partial charge in [-0.3, -0.25) is 0 Å². The van der Waals surface area contributed by atoms with Crippen LogP contribution in [0.25, 0.3) is 0 Å². The molecule has 1 atom stereocenters. The van der Waals surface area contributed by atoms with Crippen LogP contribution < -0.4 is 0 Å². The molecule has 0 aliphatic carbocycles. The lowest BCUT2D eigenvalue weighted by Crippen LogP contribution is -2.39. The summed E-state index contributed by atoms with van der Waals surface area (Å²) in [4.78, 5) is 24.3. The maximum atomic E-state index is 14.2. The fraction of sp³-hybridized carbons (Fsp3) is 0.429. The lowest BCUT2D eigenvalue weighted by Gasteiger charge is -2.18. The van der Waals surface area contributed by atoms with Crippen molar-refractivity contribution in [2.75, 3.05) is 20.2 Å². The van der Waals surface area contributed by atoms with Gasteiger partial charge in [-0.1, -0.05) is 30.3 Å². The fourth-order valence-electron chi connectivity index (χ4n) is 2.09. The Labute approximate surface area is 116 Å². The lowest BCUT2D eigenvalue weighted by atomic mass is 10.1. The summed E-state index contributed by atoms with van der Waals surface area (Å²) in [5.74, 6) is -0.948. The minimum Gasteiger partial charge on any atom is -0.467 e. The Morgan fingerprint density at radius 2 is 2.05 bits per heavy atom. The number of amides is 1. The molecule has 2 rings (SSSR count). The van der Waals surface area contributed by atoms with Gasteiger partial charge in [-0.15, -0.1) is 0 Å². The summed E-state index contributed by atoms with van der Waals surface area (Å²) in [6, 6.07) is 9.18. The summed E-state index contributed by atoms with van der Waals surface area (Å²) < 4.78 is 23.6. The first kappa shape index (κ1) is 14.3. The molecule has 0 saturated carbocycles. The van der Waals surface area contributed by atoms with E-state index in [0.717, 1.165) is 12.7 Å². The van der Waals surface area contributed by atoms with E-state index < -0.39 is 17.7 Å². The maximum Gasteiger partial charge on any atom is 0.410 e. The Morgan fingerprint density at radius 3 is 2.70 bits per heavy atom. The number of hydrogen-bond acceptors (Lipinski definition) is 4. The monoisotopic (exact) mass is 281 g/mol. The number of rotatable bonds is 3. The van der Waals surface area contributed by atoms with Gasteiger partial charge < -0.3 is 14.4 Å². The zero-order chi connectivity index (χ0) is 14.6. The van der Waals surface area contributed by atoms with Crippen molar-refractivity contribution in [1.82, 2.24) is 4.90 Å². The molecule has 1 aliphatic rings. The predicted molar refractivity (Wildman–Crippen MR) is 68.7 cm³/mol. The van der Waals surface area contributed by atoms with Crippen molar-refractivity contribution in [2.45, 2.75) is 18.7 Å². The van der Waals surface area contributed by atoms with Crippen molar-refractivity contribution in [3.8, 4) is 0 Å². The molecule has 1 aromatic rings. The van der Waals surface area contributed by atoms with E-state index in [1.54, 1.807) is 0 Å². The quantitative estimate of drug-likeness (QED) is 0.794. The first-order valence-corrected chi connectivity index (χ1v) is 6.28. The molecule has 0 spiro atoms. The molecule has 0 radical (unpaired) electrons. The molecule has 1 fully saturated rings. The van der Waals surface area contributed by atoms with Crippen LogP contribution in [0.3, 0.4) is 0 Å². The Hall–Kier alpha value is -2.11. The topological polar surface area (TPSA) is 55.8 Å². The number of carbonyl (C=O) groups excluding carboxylic acids is 2. The van der Waals surface area contributed by atoms with Crippen LogP contribution in [0.15, 0.2) is 30.3 Å². The average Bonchev–Trinajstić information content (AvgIpc) is 2.89. The molecule has 1 amide bonds. The summed E-state index contributed by atoms with van der Waals surface area (Å²) in [6.07, 6.45) is -0.697. The Kier molecular flexibility index (Phi) is 4.22. The molecular weight excluding hydrogens is 265 g/mol. The predicted octanol–water partition coefficient (Wildman–Crippen LogP) is 1.91. The third kappa shape index (κ3) is 3.07. The van der Waals surface area contributed by atoms with E-state index in [1.165, 1.54) is 4.90 Å².